The van der Waals surface area contributed by atoms with Gasteiger partial charge in [0.25, 0.3) is 0 Å². The molecular weight excluding hydrogens is 278 g/mol. The lowest BCUT2D eigenvalue weighted by Gasteiger charge is -2.05. The van der Waals surface area contributed by atoms with Crippen molar-refractivity contribution >= 4 is 23.3 Å². The maximum absolute atomic E-state index is 11.8. The lowest BCUT2D eigenvalue weighted by molar-refractivity contribution is 0.0524. The molecule has 6 heteroatoms. The Kier molecular flexibility index (Phi) is 4.47. The maximum Gasteiger partial charge on any atom is 0.363 e. The Morgan fingerprint density at radius 1 is 1.30 bits per heavy atom. The van der Waals surface area contributed by atoms with Gasteiger partial charge in [0.15, 0.2) is 5.69 Å². The van der Waals surface area contributed by atoms with Gasteiger partial charge in [-0.1, -0.05) is 6.07 Å². The average Bonchev–Trinajstić information content (AvgIpc) is 2.86. The van der Waals surface area contributed by atoms with Gasteiger partial charge in [0.2, 0.25) is 0 Å². The zero-order chi connectivity index (χ0) is 14.5. The summed E-state index contributed by atoms with van der Waals surface area (Å²) in [4.78, 5) is 27.5. The minimum atomic E-state index is -0.546. The van der Waals surface area contributed by atoms with E-state index in [0.717, 1.165) is 5.01 Å². The number of ether oxygens (including phenoxy) is 2. The molecule has 0 saturated carbocycles. The van der Waals surface area contributed by atoms with Crippen molar-refractivity contribution in [1.29, 1.82) is 0 Å². The summed E-state index contributed by atoms with van der Waals surface area (Å²) in [6.45, 7) is 3.83. The number of nitrogens with zero attached hydrogens (tertiary/aromatic N) is 1. The molecule has 20 heavy (non-hydrogen) atoms. The van der Waals surface area contributed by atoms with Crippen LogP contribution in [-0.4, -0.2) is 23.5 Å². The van der Waals surface area contributed by atoms with Gasteiger partial charge in [0.1, 0.15) is 5.75 Å². The van der Waals surface area contributed by atoms with Gasteiger partial charge in [-0.2, -0.15) is 0 Å². The van der Waals surface area contributed by atoms with Gasteiger partial charge < -0.3 is 9.47 Å². The number of aromatic nitrogens is 1. The summed E-state index contributed by atoms with van der Waals surface area (Å²) in [7, 11) is 0. The summed E-state index contributed by atoms with van der Waals surface area (Å²) in [5.74, 6) is -0.712. The predicted molar refractivity (Wildman–Crippen MR) is 74.2 cm³/mol. The van der Waals surface area contributed by atoms with Crippen LogP contribution in [0.3, 0.4) is 0 Å². The van der Waals surface area contributed by atoms with E-state index in [0.29, 0.717) is 12.2 Å². The Morgan fingerprint density at radius 2 is 2.10 bits per heavy atom. The Balaban J connectivity index is 2.12. The van der Waals surface area contributed by atoms with Crippen molar-refractivity contribution in [2.45, 2.75) is 13.8 Å². The Bertz CT molecular complexity index is 636. The van der Waals surface area contributed by atoms with Gasteiger partial charge in [-0.3, -0.25) is 0 Å². The SMILES string of the molecule is CCOC(=O)c1cccc(OC(=O)c2csc(C)n2)c1. The van der Waals surface area contributed by atoms with E-state index in [1.807, 2.05) is 6.92 Å². The number of rotatable bonds is 4. The van der Waals surface area contributed by atoms with Crippen molar-refractivity contribution in [3.63, 3.8) is 0 Å². The molecule has 0 aliphatic carbocycles. The third-order valence-corrected chi connectivity index (χ3v) is 3.16. The van der Waals surface area contributed by atoms with Crippen molar-refractivity contribution in [2.24, 2.45) is 0 Å². The van der Waals surface area contributed by atoms with Gasteiger partial charge in [0, 0.05) is 5.38 Å². The van der Waals surface area contributed by atoms with Crippen LogP contribution in [-0.2, 0) is 4.74 Å². The highest BCUT2D eigenvalue weighted by Gasteiger charge is 2.13. The number of carbonyl (C=O) groups excluding carboxylic acids is 2. The number of aryl methyl sites for hydroxylation is 1. The molecule has 0 aliphatic rings. The first-order chi connectivity index (χ1) is 9.60. The van der Waals surface area contributed by atoms with Crippen molar-refractivity contribution in [1.82, 2.24) is 4.98 Å². The van der Waals surface area contributed by atoms with Gasteiger partial charge >= 0.3 is 11.9 Å². The van der Waals surface area contributed by atoms with E-state index in [2.05, 4.69) is 4.98 Å². The van der Waals surface area contributed by atoms with Crippen LogP contribution in [0.15, 0.2) is 29.6 Å². The van der Waals surface area contributed by atoms with Gasteiger partial charge in [-0.05, 0) is 32.0 Å². The molecule has 104 valence electrons. The third-order valence-electron chi connectivity index (χ3n) is 2.38. The second kappa shape index (κ2) is 6.29. The molecule has 0 fully saturated rings. The Hall–Kier alpha value is -2.21. The minimum Gasteiger partial charge on any atom is -0.462 e. The number of hydrogen-bond donors (Lipinski definition) is 0. The number of hydrogen-bond acceptors (Lipinski definition) is 6. The molecule has 2 aromatic rings. The van der Waals surface area contributed by atoms with E-state index >= 15 is 0 Å². The fourth-order valence-electron chi connectivity index (χ4n) is 1.52. The van der Waals surface area contributed by atoms with Crippen molar-refractivity contribution in [3.05, 3.63) is 45.9 Å². The number of carbonyl (C=O) groups is 2. The maximum atomic E-state index is 11.8. The fraction of sp³-hybridized carbons (Fsp3) is 0.214. The standard InChI is InChI=1S/C14H13NO4S/c1-3-18-13(16)10-5-4-6-11(7-10)19-14(17)12-8-20-9(2)15-12/h4-8H,3H2,1-2H3. The van der Waals surface area contributed by atoms with Crippen molar-refractivity contribution in [2.75, 3.05) is 6.61 Å². The van der Waals surface area contributed by atoms with Crippen molar-refractivity contribution < 1.29 is 19.1 Å². The van der Waals surface area contributed by atoms with E-state index in [1.54, 1.807) is 30.5 Å². The van der Waals surface area contributed by atoms with E-state index in [9.17, 15) is 9.59 Å². The first-order valence-corrected chi connectivity index (χ1v) is 6.89. The normalized spacial score (nSPS) is 10.1. The molecule has 0 unspecified atom stereocenters. The molecule has 0 atom stereocenters. The zero-order valence-corrected chi connectivity index (χ0v) is 11.9. The van der Waals surface area contributed by atoms with Crippen LogP contribution in [0.25, 0.3) is 0 Å². The monoisotopic (exact) mass is 291 g/mol. The Morgan fingerprint density at radius 3 is 2.75 bits per heavy atom. The molecule has 1 aromatic carbocycles. The quantitative estimate of drug-likeness (QED) is 0.640. The van der Waals surface area contributed by atoms with Crippen LogP contribution in [0.2, 0.25) is 0 Å². The van der Waals surface area contributed by atoms with Crippen LogP contribution < -0.4 is 4.74 Å². The van der Waals surface area contributed by atoms with Crippen LogP contribution in [0.1, 0.15) is 32.8 Å². The highest BCUT2D eigenvalue weighted by Crippen LogP contribution is 2.17. The van der Waals surface area contributed by atoms with E-state index in [-0.39, 0.29) is 11.4 Å². The molecule has 0 bridgehead atoms. The van der Waals surface area contributed by atoms with Crippen LogP contribution in [0.5, 0.6) is 5.75 Å². The first kappa shape index (κ1) is 14.2. The number of benzene rings is 1. The molecule has 0 spiro atoms. The van der Waals surface area contributed by atoms with Crippen LogP contribution in [0.4, 0.5) is 0 Å². The van der Waals surface area contributed by atoms with Gasteiger partial charge in [0.05, 0.1) is 17.2 Å². The largest absolute Gasteiger partial charge is 0.462 e. The minimum absolute atomic E-state index is 0.258. The summed E-state index contributed by atoms with van der Waals surface area (Å²) < 4.78 is 10.1. The first-order valence-electron chi connectivity index (χ1n) is 6.01. The molecule has 1 heterocycles. The number of esters is 2. The molecule has 0 radical (unpaired) electrons. The van der Waals surface area contributed by atoms with Crippen LogP contribution in [0, 0.1) is 6.92 Å². The summed E-state index contributed by atoms with van der Waals surface area (Å²) in [6, 6.07) is 6.29. The molecule has 0 N–H and O–H groups in total. The summed E-state index contributed by atoms with van der Waals surface area (Å²) in [5, 5.41) is 2.42. The summed E-state index contributed by atoms with van der Waals surface area (Å²) in [6.07, 6.45) is 0. The molecule has 0 amide bonds. The Labute approximate surface area is 120 Å². The molecule has 2 rings (SSSR count). The molecule has 1 aromatic heterocycles. The molecule has 0 saturated heterocycles. The zero-order valence-electron chi connectivity index (χ0n) is 11.1. The van der Waals surface area contributed by atoms with E-state index < -0.39 is 11.9 Å². The second-order valence-corrected chi connectivity index (χ2v) is 4.95. The summed E-state index contributed by atoms with van der Waals surface area (Å²) in [5.41, 5.74) is 0.598. The average molecular weight is 291 g/mol. The highest BCUT2D eigenvalue weighted by molar-refractivity contribution is 7.09. The summed E-state index contributed by atoms with van der Waals surface area (Å²) >= 11 is 1.37. The molecule has 5 nitrogen and oxygen atoms in total. The van der Waals surface area contributed by atoms with Crippen molar-refractivity contribution in [3.8, 4) is 5.75 Å². The smallest absolute Gasteiger partial charge is 0.363 e. The third kappa shape index (κ3) is 3.42. The van der Waals surface area contributed by atoms with Gasteiger partial charge in [-0.25, -0.2) is 14.6 Å². The molecular formula is C14H13NO4S. The van der Waals surface area contributed by atoms with E-state index in [4.69, 9.17) is 9.47 Å². The van der Waals surface area contributed by atoms with Crippen LogP contribution >= 0.6 is 11.3 Å². The molecule has 0 aliphatic heterocycles. The second-order valence-electron chi connectivity index (χ2n) is 3.89. The topological polar surface area (TPSA) is 65.5 Å². The lowest BCUT2D eigenvalue weighted by Crippen LogP contribution is -2.10. The van der Waals surface area contributed by atoms with Gasteiger partial charge in [-0.15, -0.1) is 11.3 Å². The highest BCUT2D eigenvalue weighted by atomic mass is 32.1. The predicted octanol–water partition coefficient (Wildman–Crippen LogP) is 2.85. The van der Waals surface area contributed by atoms with E-state index in [1.165, 1.54) is 17.4 Å². The fourth-order valence-corrected chi connectivity index (χ4v) is 2.10. The lowest BCUT2D eigenvalue weighted by atomic mass is 10.2. The number of thiazole rings is 1.